The summed E-state index contributed by atoms with van der Waals surface area (Å²) in [6, 6.07) is 5.02. The first-order valence-electron chi connectivity index (χ1n) is 5.81. The lowest BCUT2D eigenvalue weighted by Crippen LogP contribution is -2.23. The summed E-state index contributed by atoms with van der Waals surface area (Å²) in [5.74, 6) is -2.30. The van der Waals surface area contributed by atoms with Crippen molar-refractivity contribution in [2.75, 3.05) is 0 Å². The highest BCUT2D eigenvalue weighted by atomic mass is 35.5. The zero-order chi connectivity index (χ0) is 14.7. The minimum atomic E-state index is -0.952. The molecule has 0 aliphatic rings. The summed E-state index contributed by atoms with van der Waals surface area (Å²) in [5.41, 5.74) is 1.39. The molecule has 0 spiro atoms. The smallest absolute Gasteiger partial charge is 0.254 e. The maximum Gasteiger partial charge on any atom is 0.254 e. The van der Waals surface area contributed by atoms with Crippen LogP contribution in [0, 0.1) is 18.6 Å². The van der Waals surface area contributed by atoms with Crippen molar-refractivity contribution in [3.05, 3.63) is 63.9 Å². The van der Waals surface area contributed by atoms with Gasteiger partial charge < -0.3 is 5.32 Å². The van der Waals surface area contributed by atoms with E-state index >= 15 is 0 Å². The predicted octanol–water partition coefficient (Wildman–Crippen LogP) is 3.25. The molecule has 2 rings (SSSR count). The van der Waals surface area contributed by atoms with Gasteiger partial charge >= 0.3 is 0 Å². The van der Waals surface area contributed by atoms with Crippen molar-refractivity contribution in [1.82, 2.24) is 10.3 Å². The number of aryl methyl sites for hydroxylation is 1. The van der Waals surface area contributed by atoms with Gasteiger partial charge in [-0.3, -0.25) is 9.78 Å². The maximum atomic E-state index is 13.0. The highest BCUT2D eigenvalue weighted by Crippen LogP contribution is 2.16. The second-order valence-electron chi connectivity index (χ2n) is 4.24. The number of carbonyl (C=O) groups is 1. The summed E-state index contributed by atoms with van der Waals surface area (Å²) in [5, 5.41) is 2.86. The fourth-order valence-corrected chi connectivity index (χ4v) is 1.91. The molecule has 0 saturated heterocycles. The maximum absolute atomic E-state index is 13.0. The molecule has 0 aliphatic carbocycles. The van der Waals surface area contributed by atoms with Crippen LogP contribution in [0.2, 0.25) is 5.02 Å². The van der Waals surface area contributed by atoms with E-state index in [0.717, 1.165) is 12.1 Å². The first kappa shape index (κ1) is 14.4. The number of hydrogen-bond donors (Lipinski definition) is 1. The number of halogens is 3. The van der Waals surface area contributed by atoms with E-state index < -0.39 is 17.5 Å². The van der Waals surface area contributed by atoms with Gasteiger partial charge in [-0.15, -0.1) is 0 Å². The second kappa shape index (κ2) is 5.96. The van der Waals surface area contributed by atoms with Gasteiger partial charge in [-0.25, -0.2) is 8.78 Å². The number of pyridine rings is 1. The molecule has 1 N–H and O–H groups in total. The van der Waals surface area contributed by atoms with Crippen LogP contribution in [-0.4, -0.2) is 10.9 Å². The third kappa shape index (κ3) is 3.30. The lowest BCUT2D eigenvalue weighted by molar-refractivity contribution is 0.0950. The first-order chi connectivity index (χ1) is 9.47. The third-order valence-electron chi connectivity index (χ3n) is 2.67. The van der Waals surface area contributed by atoms with Crippen molar-refractivity contribution in [1.29, 1.82) is 0 Å². The third-order valence-corrected chi connectivity index (χ3v) is 2.98. The van der Waals surface area contributed by atoms with Gasteiger partial charge in [0.1, 0.15) is 0 Å². The van der Waals surface area contributed by atoms with E-state index in [1.54, 1.807) is 13.0 Å². The fourth-order valence-electron chi connectivity index (χ4n) is 1.62. The SMILES string of the molecule is Cc1cc(Cl)c(C(=O)NCc2ccc(F)c(F)c2)cn1. The zero-order valence-electron chi connectivity index (χ0n) is 10.6. The summed E-state index contributed by atoms with van der Waals surface area (Å²) in [6.45, 7) is 1.83. The van der Waals surface area contributed by atoms with Crippen molar-refractivity contribution in [3.8, 4) is 0 Å². The Morgan fingerprint density at radius 2 is 2.05 bits per heavy atom. The minimum absolute atomic E-state index is 0.0697. The Labute approximate surface area is 119 Å². The Bertz CT molecular complexity index is 662. The van der Waals surface area contributed by atoms with E-state index in [4.69, 9.17) is 11.6 Å². The largest absolute Gasteiger partial charge is 0.348 e. The Kier molecular flexibility index (Phi) is 4.29. The van der Waals surface area contributed by atoms with Crippen LogP contribution in [0.5, 0.6) is 0 Å². The van der Waals surface area contributed by atoms with Crippen LogP contribution in [0.25, 0.3) is 0 Å². The van der Waals surface area contributed by atoms with E-state index in [9.17, 15) is 13.6 Å². The molecule has 3 nitrogen and oxygen atoms in total. The molecule has 0 bridgehead atoms. The van der Waals surface area contributed by atoms with Crippen molar-refractivity contribution in [2.45, 2.75) is 13.5 Å². The Morgan fingerprint density at radius 3 is 2.70 bits per heavy atom. The molecule has 6 heteroatoms. The summed E-state index contributed by atoms with van der Waals surface area (Å²) in [7, 11) is 0. The molecule has 0 radical (unpaired) electrons. The summed E-state index contributed by atoms with van der Waals surface area (Å²) >= 11 is 5.94. The Hall–Kier alpha value is -2.01. The van der Waals surface area contributed by atoms with Gasteiger partial charge in [0, 0.05) is 18.4 Å². The molecule has 2 aromatic rings. The van der Waals surface area contributed by atoms with Gasteiger partial charge in [0.15, 0.2) is 11.6 Å². The average molecular weight is 297 g/mol. The lowest BCUT2D eigenvalue weighted by Gasteiger charge is -2.07. The fraction of sp³-hybridized carbons (Fsp3) is 0.143. The summed E-state index contributed by atoms with van der Waals surface area (Å²) in [6.07, 6.45) is 1.37. The average Bonchev–Trinajstić information content (AvgIpc) is 2.40. The molecule has 0 unspecified atom stereocenters. The molecule has 1 amide bonds. The van der Waals surface area contributed by atoms with Crippen LogP contribution >= 0.6 is 11.6 Å². The predicted molar refractivity (Wildman–Crippen MR) is 71.5 cm³/mol. The number of nitrogens with one attached hydrogen (secondary N) is 1. The van der Waals surface area contributed by atoms with Crippen molar-refractivity contribution in [3.63, 3.8) is 0 Å². The Morgan fingerprint density at radius 1 is 1.30 bits per heavy atom. The van der Waals surface area contributed by atoms with Gasteiger partial charge in [0.2, 0.25) is 0 Å². The molecule has 0 atom stereocenters. The number of benzene rings is 1. The van der Waals surface area contributed by atoms with Crippen LogP contribution in [0.4, 0.5) is 8.78 Å². The molecule has 0 aliphatic heterocycles. The molecular weight excluding hydrogens is 286 g/mol. The van der Waals surface area contributed by atoms with Gasteiger partial charge in [-0.2, -0.15) is 0 Å². The van der Waals surface area contributed by atoms with Crippen LogP contribution in [0.15, 0.2) is 30.5 Å². The van der Waals surface area contributed by atoms with E-state index in [0.29, 0.717) is 16.3 Å². The van der Waals surface area contributed by atoms with Gasteiger partial charge in [-0.05, 0) is 30.7 Å². The number of rotatable bonds is 3. The van der Waals surface area contributed by atoms with Crippen LogP contribution in [0.3, 0.4) is 0 Å². The quantitative estimate of drug-likeness (QED) is 0.944. The summed E-state index contributed by atoms with van der Waals surface area (Å²) < 4.78 is 25.8. The highest BCUT2D eigenvalue weighted by molar-refractivity contribution is 6.33. The molecule has 0 saturated carbocycles. The van der Waals surface area contributed by atoms with Gasteiger partial charge in [-0.1, -0.05) is 17.7 Å². The molecule has 1 aromatic carbocycles. The van der Waals surface area contributed by atoms with Gasteiger partial charge in [0.25, 0.3) is 5.91 Å². The van der Waals surface area contributed by atoms with Crippen LogP contribution < -0.4 is 5.32 Å². The minimum Gasteiger partial charge on any atom is -0.348 e. The van der Waals surface area contributed by atoms with E-state index in [-0.39, 0.29) is 12.1 Å². The van der Waals surface area contributed by atoms with Crippen LogP contribution in [-0.2, 0) is 6.54 Å². The molecule has 104 valence electrons. The highest BCUT2D eigenvalue weighted by Gasteiger charge is 2.11. The molecule has 20 heavy (non-hydrogen) atoms. The van der Waals surface area contributed by atoms with Crippen molar-refractivity contribution < 1.29 is 13.6 Å². The monoisotopic (exact) mass is 296 g/mol. The number of aromatic nitrogens is 1. The van der Waals surface area contributed by atoms with Crippen molar-refractivity contribution in [2.24, 2.45) is 0 Å². The lowest BCUT2D eigenvalue weighted by atomic mass is 10.2. The molecule has 1 aromatic heterocycles. The van der Waals surface area contributed by atoms with E-state index in [1.165, 1.54) is 12.3 Å². The molecular formula is C14H11ClF2N2O. The van der Waals surface area contributed by atoms with Crippen molar-refractivity contribution >= 4 is 17.5 Å². The zero-order valence-corrected chi connectivity index (χ0v) is 11.3. The normalized spacial score (nSPS) is 10.4. The number of amides is 1. The van der Waals surface area contributed by atoms with E-state index in [1.807, 2.05) is 0 Å². The molecule has 1 heterocycles. The second-order valence-corrected chi connectivity index (χ2v) is 4.64. The number of hydrogen-bond acceptors (Lipinski definition) is 2. The molecule has 0 fully saturated rings. The topological polar surface area (TPSA) is 42.0 Å². The standard InChI is InChI=1S/C14H11ClF2N2O/c1-8-4-11(15)10(7-18-8)14(20)19-6-9-2-3-12(16)13(17)5-9/h2-5,7H,6H2,1H3,(H,19,20). The number of carbonyl (C=O) groups excluding carboxylic acids is 1. The van der Waals surface area contributed by atoms with Crippen LogP contribution in [0.1, 0.15) is 21.6 Å². The van der Waals surface area contributed by atoms with Gasteiger partial charge in [0.05, 0.1) is 10.6 Å². The number of nitrogens with zero attached hydrogens (tertiary/aromatic N) is 1. The Balaban J connectivity index is 2.06. The first-order valence-corrected chi connectivity index (χ1v) is 6.19. The summed E-state index contributed by atoms with van der Waals surface area (Å²) in [4.78, 5) is 15.9. The van der Waals surface area contributed by atoms with E-state index in [2.05, 4.69) is 10.3 Å².